The predicted octanol–water partition coefficient (Wildman–Crippen LogP) is 4.06. The van der Waals surface area contributed by atoms with E-state index in [1.54, 1.807) is 0 Å². The fraction of sp³-hybridized carbons (Fsp3) is 0.200. The van der Waals surface area contributed by atoms with E-state index in [1.807, 2.05) is 31.2 Å². The van der Waals surface area contributed by atoms with Crippen LogP contribution in [0.4, 0.5) is 4.39 Å². The molecule has 1 unspecified atom stereocenters. The first-order valence-corrected chi connectivity index (χ1v) is 6.12. The zero-order chi connectivity index (χ0) is 13.1. The molecular weight excluding hydrogens is 251 g/mol. The summed E-state index contributed by atoms with van der Waals surface area (Å²) in [6.07, 6.45) is -0.510. The summed E-state index contributed by atoms with van der Waals surface area (Å²) in [6.45, 7) is 1.98. The summed E-state index contributed by atoms with van der Waals surface area (Å²) in [5.41, 5.74) is 2.33. The van der Waals surface area contributed by atoms with E-state index in [0.717, 1.165) is 11.1 Å². The molecule has 0 aromatic heterocycles. The maximum Gasteiger partial charge on any atom is 0.129 e. The molecule has 1 atom stereocenters. The van der Waals surface area contributed by atoms with Gasteiger partial charge in [-0.05, 0) is 30.7 Å². The first-order chi connectivity index (χ1) is 8.56. The van der Waals surface area contributed by atoms with Crippen molar-refractivity contribution in [2.75, 3.05) is 0 Å². The number of aliphatic hydroxyl groups is 1. The lowest BCUT2D eigenvalue weighted by Crippen LogP contribution is -2.04. The Hall–Kier alpha value is -1.38. The number of hydrogen-bond donors (Lipinski definition) is 1. The predicted molar refractivity (Wildman–Crippen MR) is 71.3 cm³/mol. The summed E-state index contributed by atoms with van der Waals surface area (Å²) in [5.74, 6) is -0.431. The number of rotatable bonds is 3. The van der Waals surface area contributed by atoms with Gasteiger partial charge >= 0.3 is 0 Å². The fourth-order valence-electron chi connectivity index (χ4n) is 1.94. The van der Waals surface area contributed by atoms with Gasteiger partial charge in [-0.25, -0.2) is 4.39 Å². The van der Waals surface area contributed by atoms with Crippen LogP contribution in [0.25, 0.3) is 0 Å². The molecule has 0 saturated heterocycles. The van der Waals surface area contributed by atoms with Crippen LogP contribution < -0.4 is 0 Å². The molecule has 2 rings (SSSR count). The number of hydrogen-bond acceptors (Lipinski definition) is 1. The van der Waals surface area contributed by atoms with E-state index in [2.05, 4.69) is 0 Å². The average molecular weight is 265 g/mol. The van der Waals surface area contributed by atoms with Crippen LogP contribution >= 0.6 is 11.6 Å². The molecule has 1 N–H and O–H groups in total. The number of benzene rings is 2. The van der Waals surface area contributed by atoms with Crippen LogP contribution in [0.2, 0.25) is 5.02 Å². The van der Waals surface area contributed by atoms with Gasteiger partial charge in [-0.2, -0.15) is 0 Å². The molecule has 2 aromatic rings. The Bertz CT molecular complexity index is 554. The quantitative estimate of drug-likeness (QED) is 0.886. The molecule has 3 heteroatoms. The van der Waals surface area contributed by atoms with Crippen LogP contribution in [0.3, 0.4) is 0 Å². The van der Waals surface area contributed by atoms with E-state index in [9.17, 15) is 9.50 Å². The third kappa shape index (κ3) is 3.09. The smallest absolute Gasteiger partial charge is 0.129 e. The highest BCUT2D eigenvalue weighted by atomic mass is 35.5. The standard InChI is InChI=1S/C15H14ClFO/c1-10-3-2-4-11(7-10)8-15(18)13-9-12(16)5-6-14(13)17/h2-7,9,15,18H,8H2,1H3. The highest BCUT2D eigenvalue weighted by Crippen LogP contribution is 2.24. The summed E-state index contributed by atoms with van der Waals surface area (Å²) >= 11 is 5.81. The second kappa shape index (κ2) is 5.51. The molecule has 0 aliphatic heterocycles. The largest absolute Gasteiger partial charge is 0.388 e. The van der Waals surface area contributed by atoms with E-state index >= 15 is 0 Å². The monoisotopic (exact) mass is 264 g/mol. The SMILES string of the molecule is Cc1cccc(CC(O)c2cc(Cl)ccc2F)c1. The Balaban J connectivity index is 2.21. The maximum absolute atomic E-state index is 13.6. The molecular formula is C15H14ClFO. The van der Waals surface area contributed by atoms with E-state index in [4.69, 9.17) is 11.6 Å². The van der Waals surface area contributed by atoms with Crippen molar-refractivity contribution < 1.29 is 9.50 Å². The van der Waals surface area contributed by atoms with Crippen LogP contribution in [0.1, 0.15) is 22.8 Å². The van der Waals surface area contributed by atoms with Gasteiger partial charge in [0, 0.05) is 17.0 Å². The lowest BCUT2D eigenvalue weighted by Gasteiger charge is -2.12. The van der Waals surface area contributed by atoms with Crippen molar-refractivity contribution in [2.45, 2.75) is 19.4 Å². The zero-order valence-corrected chi connectivity index (χ0v) is 10.8. The molecule has 0 fully saturated rings. The van der Waals surface area contributed by atoms with E-state index in [0.29, 0.717) is 11.4 Å². The van der Waals surface area contributed by atoms with Gasteiger partial charge in [-0.3, -0.25) is 0 Å². The minimum atomic E-state index is -0.884. The van der Waals surface area contributed by atoms with Gasteiger partial charge < -0.3 is 5.11 Å². The van der Waals surface area contributed by atoms with Crippen molar-refractivity contribution >= 4 is 11.6 Å². The van der Waals surface area contributed by atoms with Gasteiger partial charge in [-0.15, -0.1) is 0 Å². The third-order valence-electron chi connectivity index (χ3n) is 2.83. The lowest BCUT2D eigenvalue weighted by atomic mass is 10.00. The van der Waals surface area contributed by atoms with Crippen molar-refractivity contribution in [3.05, 3.63) is 70.0 Å². The van der Waals surface area contributed by atoms with Crippen LogP contribution in [0.5, 0.6) is 0 Å². The summed E-state index contributed by atoms with van der Waals surface area (Å²) in [4.78, 5) is 0. The van der Waals surface area contributed by atoms with Gasteiger partial charge in [0.15, 0.2) is 0 Å². The third-order valence-corrected chi connectivity index (χ3v) is 3.06. The highest BCUT2D eigenvalue weighted by molar-refractivity contribution is 6.30. The van der Waals surface area contributed by atoms with Crippen LogP contribution in [-0.2, 0) is 6.42 Å². The van der Waals surface area contributed by atoms with Gasteiger partial charge in [0.25, 0.3) is 0 Å². The van der Waals surface area contributed by atoms with Gasteiger partial charge in [0.1, 0.15) is 5.82 Å². The lowest BCUT2D eigenvalue weighted by molar-refractivity contribution is 0.173. The van der Waals surface area contributed by atoms with E-state index < -0.39 is 11.9 Å². The Morgan fingerprint density at radius 2 is 2.00 bits per heavy atom. The van der Waals surface area contributed by atoms with Gasteiger partial charge in [-0.1, -0.05) is 41.4 Å². The first-order valence-electron chi connectivity index (χ1n) is 5.75. The first kappa shape index (κ1) is 13.1. The van der Waals surface area contributed by atoms with Gasteiger partial charge in [0.05, 0.1) is 6.10 Å². The number of aryl methyl sites for hydroxylation is 1. The van der Waals surface area contributed by atoms with Crippen molar-refractivity contribution in [3.63, 3.8) is 0 Å². The van der Waals surface area contributed by atoms with Crippen molar-refractivity contribution in [2.24, 2.45) is 0 Å². The van der Waals surface area contributed by atoms with Crippen molar-refractivity contribution in [1.82, 2.24) is 0 Å². The van der Waals surface area contributed by atoms with Crippen LogP contribution in [0, 0.1) is 12.7 Å². The summed E-state index contributed by atoms with van der Waals surface area (Å²) in [6, 6.07) is 12.0. The molecule has 0 aliphatic carbocycles. The Kier molecular flexibility index (Phi) is 4.00. The zero-order valence-electron chi connectivity index (χ0n) is 10.0. The molecule has 0 saturated carbocycles. The second-order valence-corrected chi connectivity index (χ2v) is 4.81. The van der Waals surface area contributed by atoms with Gasteiger partial charge in [0.2, 0.25) is 0 Å². The molecule has 2 aromatic carbocycles. The highest BCUT2D eigenvalue weighted by Gasteiger charge is 2.14. The van der Waals surface area contributed by atoms with Crippen LogP contribution in [-0.4, -0.2) is 5.11 Å². The maximum atomic E-state index is 13.6. The average Bonchev–Trinajstić information content (AvgIpc) is 2.32. The van der Waals surface area contributed by atoms with Crippen LogP contribution in [0.15, 0.2) is 42.5 Å². The molecule has 0 radical (unpaired) electrons. The fourth-order valence-corrected chi connectivity index (χ4v) is 2.12. The van der Waals surface area contributed by atoms with E-state index in [-0.39, 0.29) is 5.56 Å². The molecule has 0 heterocycles. The van der Waals surface area contributed by atoms with Crippen molar-refractivity contribution in [3.8, 4) is 0 Å². The Morgan fingerprint density at radius 3 is 2.72 bits per heavy atom. The molecule has 94 valence electrons. The molecule has 1 nitrogen and oxygen atoms in total. The minimum absolute atomic E-state index is 0.240. The summed E-state index contributed by atoms with van der Waals surface area (Å²) in [5, 5.41) is 10.5. The molecule has 0 aliphatic rings. The summed E-state index contributed by atoms with van der Waals surface area (Å²) in [7, 11) is 0. The van der Waals surface area contributed by atoms with E-state index in [1.165, 1.54) is 18.2 Å². The Labute approximate surface area is 111 Å². The molecule has 0 spiro atoms. The second-order valence-electron chi connectivity index (χ2n) is 4.37. The molecule has 18 heavy (non-hydrogen) atoms. The summed E-state index contributed by atoms with van der Waals surface area (Å²) < 4.78 is 13.6. The molecule has 0 bridgehead atoms. The topological polar surface area (TPSA) is 20.2 Å². The normalized spacial score (nSPS) is 12.4. The molecule has 0 amide bonds. The number of aliphatic hydroxyl groups excluding tert-OH is 1. The minimum Gasteiger partial charge on any atom is -0.388 e. The van der Waals surface area contributed by atoms with Crippen molar-refractivity contribution in [1.29, 1.82) is 0 Å². The number of halogens is 2. The Morgan fingerprint density at radius 1 is 1.22 bits per heavy atom.